The molecule has 0 spiro atoms. The van der Waals surface area contributed by atoms with Gasteiger partial charge in [0.05, 0.1) is 23.1 Å². The number of nitrogens with zero attached hydrogens (tertiary/aromatic N) is 3. The first kappa shape index (κ1) is 21.4. The summed E-state index contributed by atoms with van der Waals surface area (Å²) >= 11 is 0. The van der Waals surface area contributed by atoms with Crippen molar-refractivity contribution in [2.24, 2.45) is 0 Å². The molecule has 0 atom stereocenters. The number of nitrogens with one attached hydrogen (secondary N) is 1. The van der Waals surface area contributed by atoms with Gasteiger partial charge in [-0.1, -0.05) is 36.4 Å². The van der Waals surface area contributed by atoms with Crippen molar-refractivity contribution in [2.75, 3.05) is 12.4 Å². The second-order valence-electron chi connectivity index (χ2n) is 8.54. The number of hydrogen-bond donors (Lipinski definition) is 1. The van der Waals surface area contributed by atoms with E-state index in [4.69, 9.17) is 9.72 Å². The minimum atomic E-state index is -3.83. The Hall–Kier alpha value is -4.11. The number of carbonyl (C=O) groups is 1. The van der Waals surface area contributed by atoms with E-state index >= 15 is 0 Å². The number of pyridine rings is 1. The highest BCUT2D eigenvalue weighted by atomic mass is 32.2. The van der Waals surface area contributed by atoms with Crippen molar-refractivity contribution in [1.29, 1.82) is 0 Å². The smallest absolute Gasteiger partial charge is 0.339 e. The van der Waals surface area contributed by atoms with E-state index in [1.165, 1.54) is 11.1 Å². The summed E-state index contributed by atoms with van der Waals surface area (Å²) in [6.45, 7) is 0. The lowest BCUT2D eigenvalue weighted by Crippen LogP contribution is -2.11. The van der Waals surface area contributed by atoms with Crippen molar-refractivity contribution in [3.05, 3.63) is 84.7 Å². The van der Waals surface area contributed by atoms with E-state index in [9.17, 15) is 13.2 Å². The summed E-state index contributed by atoms with van der Waals surface area (Å²) in [4.78, 5) is 17.2. The number of para-hydroxylation sites is 1. The zero-order valence-corrected chi connectivity index (χ0v) is 19.7. The topological polar surface area (TPSA) is 94.7 Å². The fraction of sp³-hybridized carbons (Fsp3) is 0.154. The lowest BCUT2D eigenvalue weighted by molar-refractivity contribution is 0.0600. The average molecular weight is 487 g/mol. The second-order valence-corrected chi connectivity index (χ2v) is 10.4. The molecule has 0 unspecified atom stereocenters. The van der Waals surface area contributed by atoms with Crippen LogP contribution in [0.5, 0.6) is 0 Å². The van der Waals surface area contributed by atoms with Gasteiger partial charge in [-0.05, 0) is 43.2 Å². The zero-order valence-electron chi connectivity index (χ0n) is 18.9. The summed E-state index contributed by atoms with van der Waals surface area (Å²) in [7, 11) is -2.48. The van der Waals surface area contributed by atoms with Gasteiger partial charge in [-0.15, -0.1) is 0 Å². The molecule has 0 bridgehead atoms. The number of rotatable bonds is 6. The first-order chi connectivity index (χ1) is 17.0. The SMILES string of the molecule is COC(=O)c1ccc2nc(-c3cn(S(=O)(=O)c4ccccc4)c4ccccc34)c(NC3CC3)n2c1. The van der Waals surface area contributed by atoms with Crippen LogP contribution in [0.4, 0.5) is 5.82 Å². The molecule has 1 N–H and O–H groups in total. The molecule has 2 aromatic carbocycles. The molecule has 1 aliphatic rings. The average Bonchev–Trinajstić information content (AvgIpc) is 3.52. The zero-order chi connectivity index (χ0) is 24.2. The molecule has 35 heavy (non-hydrogen) atoms. The van der Waals surface area contributed by atoms with Gasteiger partial charge in [0.1, 0.15) is 17.2 Å². The Morgan fingerprint density at radius 1 is 1.00 bits per heavy atom. The van der Waals surface area contributed by atoms with Gasteiger partial charge in [0.15, 0.2) is 0 Å². The molecule has 3 heterocycles. The third-order valence-electron chi connectivity index (χ3n) is 6.19. The number of fused-ring (bicyclic) bond motifs is 2. The summed E-state index contributed by atoms with van der Waals surface area (Å²) in [5.74, 6) is 0.276. The van der Waals surface area contributed by atoms with Gasteiger partial charge in [0.25, 0.3) is 10.0 Å². The molecule has 6 rings (SSSR count). The fourth-order valence-electron chi connectivity index (χ4n) is 4.27. The molecule has 9 heteroatoms. The van der Waals surface area contributed by atoms with Crippen molar-refractivity contribution in [2.45, 2.75) is 23.8 Å². The van der Waals surface area contributed by atoms with Crippen molar-refractivity contribution in [3.8, 4) is 11.3 Å². The maximum Gasteiger partial charge on any atom is 0.339 e. The third kappa shape index (κ3) is 3.55. The summed E-state index contributed by atoms with van der Waals surface area (Å²) in [6.07, 6.45) is 5.40. The Kier molecular flexibility index (Phi) is 4.89. The molecule has 1 saturated carbocycles. The van der Waals surface area contributed by atoms with E-state index in [1.807, 2.05) is 22.6 Å². The molecule has 1 aliphatic carbocycles. The summed E-state index contributed by atoms with van der Waals surface area (Å²) in [6, 6.07) is 19.5. The van der Waals surface area contributed by atoms with Crippen LogP contribution in [-0.4, -0.2) is 40.9 Å². The maximum atomic E-state index is 13.6. The molecule has 0 saturated heterocycles. The monoisotopic (exact) mass is 486 g/mol. The number of benzene rings is 2. The summed E-state index contributed by atoms with van der Waals surface area (Å²) in [5.41, 5.74) is 2.91. The largest absolute Gasteiger partial charge is 0.465 e. The Balaban J connectivity index is 1.60. The second kappa shape index (κ2) is 7.99. The van der Waals surface area contributed by atoms with E-state index in [0.717, 1.165) is 18.2 Å². The van der Waals surface area contributed by atoms with Crippen LogP contribution in [0.2, 0.25) is 0 Å². The molecule has 8 nitrogen and oxygen atoms in total. The normalized spacial score (nSPS) is 13.9. The Labute approximate surface area is 201 Å². The van der Waals surface area contributed by atoms with Crippen LogP contribution >= 0.6 is 0 Å². The molecule has 0 amide bonds. The van der Waals surface area contributed by atoms with Crippen LogP contribution < -0.4 is 5.32 Å². The molecular formula is C26H22N4O4S. The highest BCUT2D eigenvalue weighted by Crippen LogP contribution is 2.38. The summed E-state index contributed by atoms with van der Waals surface area (Å²) < 4.78 is 35.2. The van der Waals surface area contributed by atoms with E-state index in [1.54, 1.807) is 60.9 Å². The number of anilines is 1. The highest BCUT2D eigenvalue weighted by molar-refractivity contribution is 7.90. The molecular weight excluding hydrogens is 464 g/mol. The van der Waals surface area contributed by atoms with Crippen molar-refractivity contribution in [3.63, 3.8) is 0 Å². The Morgan fingerprint density at radius 3 is 2.49 bits per heavy atom. The highest BCUT2D eigenvalue weighted by Gasteiger charge is 2.28. The van der Waals surface area contributed by atoms with Crippen molar-refractivity contribution < 1.29 is 17.9 Å². The van der Waals surface area contributed by atoms with E-state index in [2.05, 4.69) is 5.32 Å². The van der Waals surface area contributed by atoms with Gasteiger partial charge >= 0.3 is 5.97 Å². The van der Waals surface area contributed by atoms with E-state index in [-0.39, 0.29) is 4.90 Å². The van der Waals surface area contributed by atoms with Crippen molar-refractivity contribution in [1.82, 2.24) is 13.4 Å². The first-order valence-corrected chi connectivity index (χ1v) is 12.7. The molecule has 5 aromatic rings. The quantitative estimate of drug-likeness (QED) is 0.354. The van der Waals surface area contributed by atoms with Crippen LogP contribution in [0.15, 0.2) is 84.0 Å². The van der Waals surface area contributed by atoms with Crippen LogP contribution in [0.1, 0.15) is 23.2 Å². The predicted molar refractivity (Wildman–Crippen MR) is 133 cm³/mol. The van der Waals surface area contributed by atoms with Gasteiger partial charge < -0.3 is 10.1 Å². The number of hydrogen-bond acceptors (Lipinski definition) is 6. The fourth-order valence-corrected chi connectivity index (χ4v) is 5.66. The Morgan fingerprint density at radius 2 is 1.74 bits per heavy atom. The van der Waals surface area contributed by atoms with Crippen molar-refractivity contribution >= 4 is 38.4 Å². The third-order valence-corrected chi connectivity index (χ3v) is 7.88. The van der Waals surface area contributed by atoms with E-state index in [0.29, 0.717) is 39.8 Å². The summed E-state index contributed by atoms with van der Waals surface area (Å²) in [5, 5.41) is 4.29. The van der Waals surface area contributed by atoms with E-state index < -0.39 is 16.0 Å². The number of aromatic nitrogens is 3. The predicted octanol–water partition coefficient (Wildman–Crippen LogP) is 4.55. The number of methoxy groups -OCH3 is 1. The minimum Gasteiger partial charge on any atom is -0.465 e. The van der Waals surface area contributed by atoms with Gasteiger partial charge in [0.2, 0.25) is 0 Å². The Bertz CT molecular complexity index is 1700. The van der Waals surface area contributed by atoms with Gasteiger partial charge in [-0.25, -0.2) is 22.2 Å². The minimum absolute atomic E-state index is 0.210. The lowest BCUT2D eigenvalue weighted by atomic mass is 10.1. The molecule has 0 radical (unpaired) electrons. The number of esters is 1. The van der Waals surface area contributed by atoms with Gasteiger partial charge in [0, 0.05) is 29.4 Å². The lowest BCUT2D eigenvalue weighted by Gasteiger charge is -2.08. The molecule has 3 aromatic heterocycles. The van der Waals surface area contributed by atoms with Gasteiger partial charge in [-0.3, -0.25) is 4.40 Å². The maximum absolute atomic E-state index is 13.6. The molecule has 176 valence electrons. The number of ether oxygens (including phenoxy) is 1. The van der Waals surface area contributed by atoms with Gasteiger partial charge in [-0.2, -0.15) is 0 Å². The molecule has 1 fully saturated rings. The molecule has 0 aliphatic heterocycles. The first-order valence-electron chi connectivity index (χ1n) is 11.3. The van der Waals surface area contributed by atoms with Crippen LogP contribution in [0.25, 0.3) is 27.8 Å². The van der Waals surface area contributed by atoms with Crippen LogP contribution in [0, 0.1) is 0 Å². The van der Waals surface area contributed by atoms with Crippen LogP contribution in [-0.2, 0) is 14.8 Å². The number of imidazole rings is 1. The van der Waals surface area contributed by atoms with Crippen LogP contribution in [0.3, 0.4) is 0 Å². The number of carbonyl (C=O) groups excluding carboxylic acids is 1. The standard InChI is InChI=1S/C26H22N4O4S/c1-34-26(31)17-11-14-23-28-24(25(29(23)15-17)27-18-12-13-18)21-16-30(22-10-6-5-9-20(21)22)35(32,33)19-7-3-2-4-8-19/h2-11,14-16,18,27H,12-13H2,1H3.